The van der Waals surface area contributed by atoms with Gasteiger partial charge in [0, 0.05) is 41.9 Å². The fraction of sp³-hybridized carbons (Fsp3) is 0.357. The molecule has 0 bridgehead atoms. The molecule has 104 valence electrons. The average Bonchev–Trinajstić information content (AvgIpc) is 2.93. The second-order valence-corrected chi connectivity index (χ2v) is 6.47. The third-order valence-electron chi connectivity index (χ3n) is 3.46. The molecule has 2 aromatic rings. The number of H-pyrrole nitrogens is 1. The lowest BCUT2D eigenvalue weighted by atomic mass is 10.2. The van der Waals surface area contributed by atoms with Gasteiger partial charge in [0.25, 0.3) is 0 Å². The van der Waals surface area contributed by atoms with Gasteiger partial charge in [0.15, 0.2) is 5.12 Å². The van der Waals surface area contributed by atoms with E-state index in [-0.39, 0.29) is 16.3 Å². The molecular formula is C14H15N3O2S. The molecule has 1 unspecified atom stereocenters. The molecule has 0 radical (unpaired) electrons. The van der Waals surface area contributed by atoms with Crippen molar-refractivity contribution in [3.63, 3.8) is 0 Å². The predicted octanol–water partition coefficient (Wildman–Crippen LogP) is 2.26. The lowest BCUT2D eigenvalue weighted by Crippen LogP contribution is -2.24. The molecule has 1 aromatic carbocycles. The maximum atomic E-state index is 12.1. The summed E-state index contributed by atoms with van der Waals surface area (Å²) in [6.07, 6.45) is 0.423. The molecule has 20 heavy (non-hydrogen) atoms. The number of nitrogens with one attached hydrogen (secondary N) is 1. The van der Waals surface area contributed by atoms with Gasteiger partial charge in [0.1, 0.15) is 0 Å². The van der Waals surface area contributed by atoms with E-state index in [1.54, 1.807) is 11.8 Å². The summed E-state index contributed by atoms with van der Waals surface area (Å²) in [5.41, 5.74) is 2.76. The fourth-order valence-electron chi connectivity index (χ4n) is 2.53. The highest BCUT2D eigenvalue weighted by molar-refractivity contribution is 8.14. The summed E-state index contributed by atoms with van der Waals surface area (Å²) < 4.78 is 0. The summed E-state index contributed by atoms with van der Waals surface area (Å²) in [4.78, 5) is 25.0. The maximum Gasteiger partial charge on any atom is 0.228 e. The average molecular weight is 289 g/mol. The number of aromatic amines is 1. The van der Waals surface area contributed by atoms with E-state index >= 15 is 0 Å². The summed E-state index contributed by atoms with van der Waals surface area (Å²) in [7, 11) is 0. The van der Waals surface area contributed by atoms with Crippen molar-refractivity contribution in [2.24, 2.45) is 0 Å². The fourth-order valence-corrected chi connectivity index (χ4v) is 3.45. The number of benzene rings is 1. The summed E-state index contributed by atoms with van der Waals surface area (Å²) >= 11 is 1.25. The number of aryl methyl sites for hydroxylation is 1. The number of hydrogen-bond acceptors (Lipinski definition) is 4. The van der Waals surface area contributed by atoms with Crippen molar-refractivity contribution in [2.45, 2.75) is 25.5 Å². The second-order valence-electron chi connectivity index (χ2n) is 4.99. The molecular weight excluding hydrogens is 274 g/mol. The zero-order chi connectivity index (χ0) is 14.3. The van der Waals surface area contributed by atoms with Crippen LogP contribution in [0.4, 0.5) is 5.69 Å². The highest BCUT2D eigenvalue weighted by atomic mass is 32.2. The lowest BCUT2D eigenvalue weighted by molar-refractivity contribution is -0.117. The smallest absolute Gasteiger partial charge is 0.228 e. The second kappa shape index (κ2) is 4.94. The monoisotopic (exact) mass is 289 g/mol. The maximum absolute atomic E-state index is 12.1. The third kappa shape index (κ3) is 2.31. The van der Waals surface area contributed by atoms with Gasteiger partial charge < -0.3 is 4.90 Å². The van der Waals surface area contributed by atoms with Gasteiger partial charge in [-0.2, -0.15) is 5.10 Å². The van der Waals surface area contributed by atoms with Gasteiger partial charge >= 0.3 is 0 Å². The van der Waals surface area contributed by atoms with Crippen molar-refractivity contribution in [2.75, 3.05) is 11.4 Å². The van der Waals surface area contributed by atoms with E-state index in [2.05, 4.69) is 10.2 Å². The Hall–Kier alpha value is -1.82. The molecule has 1 amide bonds. The minimum atomic E-state index is 0.0566. The zero-order valence-corrected chi connectivity index (χ0v) is 12.2. The molecule has 6 heteroatoms. The number of fused-ring (bicyclic) bond motifs is 1. The first-order chi connectivity index (χ1) is 9.54. The Balaban J connectivity index is 1.89. The Morgan fingerprint density at radius 3 is 3.05 bits per heavy atom. The molecule has 5 nitrogen and oxygen atoms in total. The van der Waals surface area contributed by atoms with Gasteiger partial charge in [-0.15, -0.1) is 0 Å². The van der Waals surface area contributed by atoms with Crippen molar-refractivity contribution in [3.8, 4) is 0 Å². The van der Waals surface area contributed by atoms with Crippen LogP contribution < -0.4 is 4.90 Å². The number of carbonyl (C=O) groups is 2. The summed E-state index contributed by atoms with van der Waals surface area (Å²) in [5.74, 6) is 0.0734. The number of rotatable bonds is 2. The molecule has 1 saturated heterocycles. The summed E-state index contributed by atoms with van der Waals surface area (Å²) in [5, 5.41) is 8.26. The van der Waals surface area contributed by atoms with Crippen LogP contribution in [0.15, 0.2) is 18.2 Å². The highest BCUT2D eigenvalue weighted by Gasteiger charge is 2.32. The van der Waals surface area contributed by atoms with E-state index < -0.39 is 0 Å². The Kier molecular flexibility index (Phi) is 3.25. The van der Waals surface area contributed by atoms with E-state index in [0.717, 1.165) is 22.3 Å². The topological polar surface area (TPSA) is 66.1 Å². The molecule has 1 aliphatic rings. The normalized spacial score (nSPS) is 19.0. The van der Waals surface area contributed by atoms with Crippen LogP contribution in [0, 0.1) is 6.92 Å². The Morgan fingerprint density at radius 1 is 1.50 bits per heavy atom. The van der Waals surface area contributed by atoms with E-state index in [1.807, 2.05) is 25.1 Å². The van der Waals surface area contributed by atoms with Gasteiger partial charge in [-0.25, -0.2) is 0 Å². The first-order valence-corrected chi connectivity index (χ1v) is 7.35. The van der Waals surface area contributed by atoms with Gasteiger partial charge in [-0.05, 0) is 25.1 Å². The number of amides is 1. The SMILES string of the molecule is CC(=O)SC1CC(=O)N(c2ccc3n[nH]c(C)c3c2)C1. The summed E-state index contributed by atoms with van der Waals surface area (Å²) in [6.45, 7) is 4.09. The molecule has 3 rings (SSSR count). The Labute approximate surface area is 120 Å². The molecule has 1 N–H and O–H groups in total. The van der Waals surface area contributed by atoms with Crippen molar-refractivity contribution in [1.29, 1.82) is 0 Å². The van der Waals surface area contributed by atoms with Crippen molar-refractivity contribution in [3.05, 3.63) is 23.9 Å². The quantitative estimate of drug-likeness (QED) is 0.921. The molecule has 1 atom stereocenters. The molecule has 1 aromatic heterocycles. The van der Waals surface area contributed by atoms with Crippen LogP contribution in [0.3, 0.4) is 0 Å². The lowest BCUT2D eigenvalue weighted by Gasteiger charge is -2.16. The minimum absolute atomic E-state index is 0.0566. The largest absolute Gasteiger partial charge is 0.311 e. The van der Waals surface area contributed by atoms with E-state index in [1.165, 1.54) is 11.8 Å². The number of hydrogen-bond donors (Lipinski definition) is 1. The van der Waals surface area contributed by atoms with Crippen molar-refractivity contribution in [1.82, 2.24) is 10.2 Å². The number of nitrogens with zero attached hydrogens (tertiary/aromatic N) is 2. The van der Waals surface area contributed by atoms with Crippen LogP contribution in [0.2, 0.25) is 0 Å². The number of carbonyl (C=O) groups excluding carboxylic acids is 2. The zero-order valence-electron chi connectivity index (χ0n) is 11.3. The first kappa shape index (κ1) is 13.2. The number of thioether (sulfide) groups is 1. The minimum Gasteiger partial charge on any atom is -0.311 e. The molecule has 0 aliphatic carbocycles. The molecule has 1 aliphatic heterocycles. The number of aromatic nitrogens is 2. The van der Waals surface area contributed by atoms with Crippen molar-refractivity contribution >= 4 is 39.4 Å². The first-order valence-electron chi connectivity index (χ1n) is 6.47. The molecule has 0 spiro atoms. The Bertz CT molecular complexity index is 695. The van der Waals surface area contributed by atoms with Gasteiger partial charge in [0.2, 0.25) is 5.91 Å². The van der Waals surface area contributed by atoms with E-state index in [9.17, 15) is 9.59 Å². The highest BCUT2D eigenvalue weighted by Crippen LogP contribution is 2.30. The van der Waals surface area contributed by atoms with Crippen LogP contribution in [0.25, 0.3) is 10.9 Å². The van der Waals surface area contributed by atoms with Crippen LogP contribution in [-0.2, 0) is 9.59 Å². The predicted molar refractivity (Wildman–Crippen MR) is 79.9 cm³/mol. The van der Waals surface area contributed by atoms with Crippen LogP contribution in [-0.4, -0.2) is 33.0 Å². The van der Waals surface area contributed by atoms with E-state index in [0.29, 0.717) is 13.0 Å². The van der Waals surface area contributed by atoms with Crippen LogP contribution in [0.5, 0.6) is 0 Å². The van der Waals surface area contributed by atoms with Gasteiger partial charge in [-0.3, -0.25) is 14.7 Å². The van der Waals surface area contributed by atoms with Crippen LogP contribution in [0.1, 0.15) is 19.0 Å². The number of anilines is 1. The molecule has 0 saturated carbocycles. The molecule has 1 fully saturated rings. The third-order valence-corrected chi connectivity index (χ3v) is 4.44. The standard InChI is InChI=1S/C14H15N3O2S/c1-8-12-5-10(3-4-13(12)16-15-8)17-7-11(6-14(17)19)20-9(2)18/h3-5,11H,6-7H2,1-2H3,(H,15,16). The van der Waals surface area contributed by atoms with E-state index in [4.69, 9.17) is 0 Å². The van der Waals surface area contributed by atoms with Crippen LogP contribution >= 0.6 is 11.8 Å². The Morgan fingerprint density at radius 2 is 2.30 bits per heavy atom. The van der Waals surface area contributed by atoms with Gasteiger partial charge in [-0.1, -0.05) is 11.8 Å². The van der Waals surface area contributed by atoms with Gasteiger partial charge in [0.05, 0.1) is 5.52 Å². The van der Waals surface area contributed by atoms with Crippen molar-refractivity contribution < 1.29 is 9.59 Å². The summed E-state index contributed by atoms with van der Waals surface area (Å²) in [6, 6.07) is 5.79. The molecule has 2 heterocycles.